The summed E-state index contributed by atoms with van der Waals surface area (Å²) in [6.07, 6.45) is 6.52. The summed E-state index contributed by atoms with van der Waals surface area (Å²) in [5.74, 6) is 1.07. The number of nitrogens with one attached hydrogen (secondary N) is 2. The maximum Gasteiger partial charge on any atom is 0.141 e. The number of hydrogen-bond donors (Lipinski definition) is 3. The number of rotatable bonds is 8. The van der Waals surface area contributed by atoms with Gasteiger partial charge in [0.1, 0.15) is 29.6 Å². The van der Waals surface area contributed by atoms with E-state index in [1.165, 1.54) is 12.4 Å². The molecule has 0 amide bonds. The van der Waals surface area contributed by atoms with Gasteiger partial charge >= 0.3 is 0 Å². The fourth-order valence-electron chi connectivity index (χ4n) is 4.51. The summed E-state index contributed by atoms with van der Waals surface area (Å²) in [6.45, 7) is 8.31. The van der Waals surface area contributed by atoms with E-state index in [0.29, 0.717) is 40.3 Å². The Balaban J connectivity index is 1.53. The van der Waals surface area contributed by atoms with Crippen LogP contribution in [0.2, 0.25) is 0 Å². The molecule has 0 radical (unpaired) electrons. The van der Waals surface area contributed by atoms with E-state index in [4.69, 9.17) is 16.1 Å². The van der Waals surface area contributed by atoms with E-state index < -0.39 is 0 Å². The summed E-state index contributed by atoms with van der Waals surface area (Å²) >= 11 is 0. The van der Waals surface area contributed by atoms with Crippen molar-refractivity contribution in [1.82, 2.24) is 19.9 Å². The van der Waals surface area contributed by atoms with Crippen molar-refractivity contribution < 1.29 is 4.39 Å². The molecule has 36 heavy (non-hydrogen) atoms. The van der Waals surface area contributed by atoms with E-state index in [1.807, 2.05) is 26.0 Å². The van der Waals surface area contributed by atoms with Crippen LogP contribution in [0.3, 0.4) is 0 Å². The predicted molar refractivity (Wildman–Crippen MR) is 141 cm³/mol. The van der Waals surface area contributed by atoms with Gasteiger partial charge in [0, 0.05) is 29.2 Å². The Morgan fingerprint density at radius 1 is 1.22 bits per heavy atom. The predicted octanol–water partition coefficient (Wildman–Crippen LogP) is 4.94. The van der Waals surface area contributed by atoms with Gasteiger partial charge in [0.25, 0.3) is 0 Å². The number of nitrogens with zero attached hydrogens (tertiary/aromatic N) is 5. The SMILES string of the molecule is C=C1c2c(F)cccc2N=C(C(CC)Nc2ncnc(N)c2C(=N)c2ccc(CC)nc2)N1C1CC1. The van der Waals surface area contributed by atoms with E-state index in [9.17, 15) is 4.39 Å². The first-order valence-corrected chi connectivity index (χ1v) is 12.2. The normalized spacial score (nSPS) is 15.8. The van der Waals surface area contributed by atoms with Crippen LogP contribution in [0.5, 0.6) is 0 Å². The first-order valence-electron chi connectivity index (χ1n) is 12.2. The second-order valence-corrected chi connectivity index (χ2v) is 9.01. The van der Waals surface area contributed by atoms with Gasteiger partial charge < -0.3 is 16.0 Å². The molecular weight excluding hydrogens is 455 g/mol. The van der Waals surface area contributed by atoms with Crippen LogP contribution in [0, 0.1) is 11.2 Å². The lowest BCUT2D eigenvalue weighted by Gasteiger charge is -2.36. The number of hydrogen-bond acceptors (Lipinski definition) is 8. The Labute approximate surface area is 209 Å². The highest BCUT2D eigenvalue weighted by Crippen LogP contribution is 2.42. The van der Waals surface area contributed by atoms with Crippen molar-refractivity contribution in [3.05, 3.63) is 77.6 Å². The number of halogens is 1. The first-order chi connectivity index (χ1) is 17.4. The number of nitrogen functional groups attached to an aromatic ring is 1. The fourth-order valence-corrected chi connectivity index (χ4v) is 4.51. The van der Waals surface area contributed by atoms with Crippen molar-refractivity contribution in [2.75, 3.05) is 11.1 Å². The van der Waals surface area contributed by atoms with Gasteiger partial charge in [-0.3, -0.25) is 10.4 Å². The molecule has 0 spiro atoms. The van der Waals surface area contributed by atoms with E-state index in [-0.39, 0.29) is 29.4 Å². The molecule has 2 aromatic heterocycles. The molecule has 3 aromatic rings. The number of benzene rings is 1. The largest absolute Gasteiger partial charge is 0.383 e. The van der Waals surface area contributed by atoms with Crippen LogP contribution in [-0.4, -0.2) is 43.5 Å². The van der Waals surface area contributed by atoms with Gasteiger partial charge in [-0.25, -0.2) is 19.4 Å². The lowest BCUT2D eigenvalue weighted by Crippen LogP contribution is -2.44. The van der Waals surface area contributed by atoms with Gasteiger partial charge in [-0.05, 0) is 49.9 Å². The van der Waals surface area contributed by atoms with E-state index in [1.54, 1.807) is 18.3 Å². The van der Waals surface area contributed by atoms with Gasteiger partial charge in [0.2, 0.25) is 0 Å². The molecule has 1 saturated carbocycles. The van der Waals surface area contributed by atoms with Crippen LogP contribution in [-0.2, 0) is 6.42 Å². The third-order valence-corrected chi connectivity index (χ3v) is 6.60. The highest BCUT2D eigenvalue weighted by Gasteiger charge is 2.39. The van der Waals surface area contributed by atoms with Crippen LogP contribution in [0.15, 0.2) is 54.4 Å². The van der Waals surface area contributed by atoms with Crippen molar-refractivity contribution in [3.8, 4) is 0 Å². The number of aryl methyl sites for hydroxylation is 1. The highest BCUT2D eigenvalue weighted by molar-refractivity contribution is 6.16. The van der Waals surface area contributed by atoms with Gasteiger partial charge in [-0.1, -0.05) is 26.5 Å². The Morgan fingerprint density at radius 2 is 2.03 bits per heavy atom. The molecule has 3 heterocycles. The third-order valence-electron chi connectivity index (χ3n) is 6.60. The summed E-state index contributed by atoms with van der Waals surface area (Å²) in [4.78, 5) is 19.9. The van der Waals surface area contributed by atoms with E-state index in [2.05, 4.69) is 31.7 Å². The average molecular weight is 485 g/mol. The minimum Gasteiger partial charge on any atom is -0.383 e. The van der Waals surface area contributed by atoms with Crippen LogP contribution >= 0.6 is 0 Å². The van der Waals surface area contributed by atoms with Gasteiger partial charge in [0.15, 0.2) is 0 Å². The molecule has 184 valence electrons. The molecule has 1 aliphatic heterocycles. The maximum absolute atomic E-state index is 14.7. The number of anilines is 2. The number of nitrogens with two attached hydrogens (primary N) is 1. The number of aromatic nitrogens is 3. The zero-order chi connectivity index (χ0) is 25.4. The number of amidine groups is 1. The van der Waals surface area contributed by atoms with Crippen molar-refractivity contribution in [3.63, 3.8) is 0 Å². The Kier molecular flexibility index (Phi) is 6.22. The zero-order valence-electron chi connectivity index (χ0n) is 20.4. The topological polar surface area (TPSA) is 116 Å². The molecule has 8 nitrogen and oxygen atoms in total. The minimum atomic E-state index is -0.325. The van der Waals surface area contributed by atoms with Crippen LogP contribution in [0.4, 0.5) is 21.7 Å². The van der Waals surface area contributed by atoms with E-state index in [0.717, 1.165) is 30.8 Å². The summed E-state index contributed by atoms with van der Waals surface area (Å²) in [7, 11) is 0. The molecule has 9 heteroatoms. The van der Waals surface area contributed by atoms with Crippen LogP contribution < -0.4 is 11.1 Å². The zero-order valence-corrected chi connectivity index (χ0v) is 20.4. The fraction of sp³-hybridized carbons (Fsp3) is 0.296. The summed E-state index contributed by atoms with van der Waals surface area (Å²) < 4.78 is 14.7. The minimum absolute atomic E-state index is 0.182. The molecule has 5 rings (SSSR count). The molecule has 1 aliphatic carbocycles. The summed E-state index contributed by atoms with van der Waals surface area (Å²) in [5, 5.41) is 12.3. The lowest BCUT2D eigenvalue weighted by molar-refractivity contribution is 0.532. The van der Waals surface area contributed by atoms with E-state index >= 15 is 0 Å². The van der Waals surface area contributed by atoms with Crippen molar-refractivity contribution >= 4 is 34.6 Å². The molecular formula is C27H29FN8. The lowest BCUT2D eigenvalue weighted by atomic mass is 10.0. The summed E-state index contributed by atoms with van der Waals surface area (Å²) in [5.41, 5.74) is 10.0. The average Bonchev–Trinajstić information content (AvgIpc) is 3.72. The smallest absolute Gasteiger partial charge is 0.141 e. The monoisotopic (exact) mass is 484 g/mol. The highest BCUT2D eigenvalue weighted by atomic mass is 19.1. The van der Waals surface area contributed by atoms with Crippen LogP contribution in [0.25, 0.3) is 5.70 Å². The number of pyridine rings is 1. The number of aliphatic imine (C=N–C) groups is 1. The van der Waals surface area contributed by atoms with Gasteiger partial charge in [0.05, 0.1) is 28.6 Å². The standard InChI is InChI=1S/C27H29FN8/c1-4-17-10-9-16(13-31-17)24(29)23-25(30)32-14-33-26(23)34-20(5-2)27-35-21-8-6-7-19(28)22(21)15(3)36(27)18-11-12-18/h6-10,13-14,18,20,29H,3-5,11-12H2,1-2H3,(H3,30,32,33,34). The molecule has 0 bridgehead atoms. The molecule has 1 aromatic carbocycles. The Bertz CT molecular complexity index is 1360. The van der Waals surface area contributed by atoms with Crippen molar-refractivity contribution in [2.45, 2.75) is 51.6 Å². The quantitative estimate of drug-likeness (QED) is 0.390. The second kappa shape index (κ2) is 9.49. The molecule has 1 fully saturated rings. The van der Waals surface area contributed by atoms with Crippen molar-refractivity contribution in [1.29, 1.82) is 5.41 Å². The van der Waals surface area contributed by atoms with Crippen LogP contribution in [0.1, 0.15) is 55.5 Å². The molecule has 1 atom stereocenters. The Hall–Kier alpha value is -4.14. The third kappa shape index (κ3) is 4.21. The maximum atomic E-state index is 14.7. The second-order valence-electron chi connectivity index (χ2n) is 9.01. The first kappa shape index (κ1) is 23.6. The number of fused-ring (bicyclic) bond motifs is 1. The van der Waals surface area contributed by atoms with Gasteiger partial charge in [-0.2, -0.15) is 0 Å². The molecule has 0 saturated heterocycles. The molecule has 1 unspecified atom stereocenters. The Morgan fingerprint density at radius 3 is 2.69 bits per heavy atom. The molecule has 2 aliphatic rings. The molecule has 4 N–H and O–H groups in total. The van der Waals surface area contributed by atoms with Gasteiger partial charge in [-0.15, -0.1) is 0 Å². The summed E-state index contributed by atoms with van der Waals surface area (Å²) in [6, 6.07) is 8.62. The van der Waals surface area contributed by atoms with Crippen molar-refractivity contribution in [2.24, 2.45) is 4.99 Å².